The summed E-state index contributed by atoms with van der Waals surface area (Å²) < 4.78 is 11.9. The van der Waals surface area contributed by atoms with E-state index in [2.05, 4.69) is 33.9 Å². The fourth-order valence-corrected chi connectivity index (χ4v) is 3.03. The molecule has 2 atom stereocenters. The van der Waals surface area contributed by atoms with Crippen LogP contribution in [0.2, 0.25) is 0 Å². The van der Waals surface area contributed by atoms with Crippen LogP contribution in [0.3, 0.4) is 0 Å². The van der Waals surface area contributed by atoms with Crippen LogP contribution < -0.4 is 5.32 Å². The highest BCUT2D eigenvalue weighted by atomic mass is 79.9. The summed E-state index contributed by atoms with van der Waals surface area (Å²) in [6.07, 6.45) is 1.62. The first kappa shape index (κ1) is 14.7. The average molecular weight is 336 g/mol. The van der Waals surface area contributed by atoms with Gasteiger partial charge in [-0.2, -0.15) is 0 Å². The molecule has 1 rings (SSSR count). The number of carbonyl (C=O) groups is 1. The summed E-state index contributed by atoms with van der Waals surface area (Å²) >= 11 is 7.56. The molecule has 0 bridgehead atoms. The SMILES string of the molecule is CC(CS(C)=O)NC(=O)c1ccc(Br)cc1S. The quantitative estimate of drug-likeness (QED) is 0.829. The van der Waals surface area contributed by atoms with Crippen molar-refractivity contribution >= 4 is 45.3 Å². The summed E-state index contributed by atoms with van der Waals surface area (Å²) in [5.41, 5.74) is 0.519. The molecule has 0 saturated carbocycles. The molecule has 2 unspecified atom stereocenters. The molecule has 6 heteroatoms. The minimum Gasteiger partial charge on any atom is -0.349 e. The molecule has 0 fully saturated rings. The second-order valence-electron chi connectivity index (χ2n) is 3.78. The van der Waals surface area contributed by atoms with E-state index in [-0.39, 0.29) is 11.9 Å². The maximum absolute atomic E-state index is 11.9. The molecule has 3 nitrogen and oxygen atoms in total. The van der Waals surface area contributed by atoms with Crippen molar-refractivity contribution in [3.05, 3.63) is 28.2 Å². The molecule has 0 spiro atoms. The van der Waals surface area contributed by atoms with Crippen LogP contribution in [0.4, 0.5) is 0 Å². The molecule has 1 amide bonds. The van der Waals surface area contributed by atoms with E-state index in [4.69, 9.17) is 0 Å². The Bertz CT molecular complexity index is 451. The van der Waals surface area contributed by atoms with Crippen LogP contribution in [0.25, 0.3) is 0 Å². The van der Waals surface area contributed by atoms with E-state index in [1.54, 1.807) is 24.5 Å². The number of benzene rings is 1. The summed E-state index contributed by atoms with van der Waals surface area (Å²) in [4.78, 5) is 12.5. The van der Waals surface area contributed by atoms with E-state index in [0.717, 1.165) is 4.47 Å². The molecule has 0 aliphatic carbocycles. The van der Waals surface area contributed by atoms with E-state index in [1.165, 1.54) is 0 Å². The second-order valence-corrected chi connectivity index (χ2v) is 6.65. The fraction of sp³-hybridized carbons (Fsp3) is 0.364. The molecular weight excluding hydrogens is 322 g/mol. The maximum Gasteiger partial charge on any atom is 0.252 e. The van der Waals surface area contributed by atoms with Gasteiger partial charge in [-0.3, -0.25) is 9.00 Å². The van der Waals surface area contributed by atoms with Crippen molar-refractivity contribution in [2.24, 2.45) is 0 Å². The summed E-state index contributed by atoms with van der Waals surface area (Å²) in [5.74, 6) is 0.255. The largest absolute Gasteiger partial charge is 0.349 e. The Morgan fingerprint density at radius 1 is 1.59 bits per heavy atom. The van der Waals surface area contributed by atoms with Crippen molar-refractivity contribution in [3.8, 4) is 0 Å². The topological polar surface area (TPSA) is 46.2 Å². The fourth-order valence-electron chi connectivity index (χ4n) is 1.39. The number of hydrogen-bond acceptors (Lipinski definition) is 3. The lowest BCUT2D eigenvalue weighted by atomic mass is 10.2. The summed E-state index contributed by atoms with van der Waals surface area (Å²) in [7, 11) is -0.919. The van der Waals surface area contributed by atoms with Crippen molar-refractivity contribution in [2.45, 2.75) is 17.9 Å². The number of hydrogen-bond donors (Lipinski definition) is 2. The number of carbonyl (C=O) groups excluding carboxylic acids is 1. The first-order valence-corrected chi connectivity index (χ1v) is 7.96. The van der Waals surface area contributed by atoms with Crippen molar-refractivity contribution in [3.63, 3.8) is 0 Å². The zero-order valence-electron chi connectivity index (χ0n) is 9.57. The van der Waals surface area contributed by atoms with Gasteiger partial charge in [0, 0.05) is 38.2 Å². The molecule has 94 valence electrons. The van der Waals surface area contributed by atoms with E-state index < -0.39 is 10.8 Å². The lowest BCUT2D eigenvalue weighted by Crippen LogP contribution is -2.36. The average Bonchev–Trinajstić information content (AvgIpc) is 2.15. The third kappa shape index (κ3) is 4.81. The van der Waals surface area contributed by atoms with Crippen LogP contribution in [-0.2, 0) is 10.8 Å². The molecule has 1 aromatic carbocycles. The summed E-state index contributed by atoms with van der Waals surface area (Å²) in [5, 5.41) is 2.79. The van der Waals surface area contributed by atoms with Gasteiger partial charge in [0.15, 0.2) is 0 Å². The van der Waals surface area contributed by atoms with Gasteiger partial charge in [0.05, 0.1) is 5.56 Å². The van der Waals surface area contributed by atoms with Gasteiger partial charge in [0.2, 0.25) is 0 Å². The standard InChI is InChI=1S/C11H14BrNO2S2/c1-7(6-17(2)15)13-11(14)9-4-3-8(12)5-10(9)16/h3-5,7,16H,6H2,1-2H3,(H,13,14). The number of amides is 1. The van der Waals surface area contributed by atoms with Crippen molar-refractivity contribution in [2.75, 3.05) is 12.0 Å². The number of thiol groups is 1. The first-order valence-electron chi connectivity index (χ1n) is 4.99. The molecule has 1 aromatic rings. The van der Waals surface area contributed by atoms with Gasteiger partial charge in [-0.15, -0.1) is 12.6 Å². The minimum atomic E-state index is -0.919. The van der Waals surface area contributed by atoms with Crippen molar-refractivity contribution in [1.82, 2.24) is 5.32 Å². The van der Waals surface area contributed by atoms with Crippen LogP contribution in [-0.4, -0.2) is 28.2 Å². The molecule has 17 heavy (non-hydrogen) atoms. The molecule has 0 aliphatic rings. The summed E-state index contributed by atoms with van der Waals surface area (Å²) in [6.45, 7) is 1.83. The Morgan fingerprint density at radius 2 is 2.24 bits per heavy atom. The zero-order chi connectivity index (χ0) is 13.0. The predicted octanol–water partition coefficient (Wildman–Crippen LogP) is 2.23. The normalized spacial score (nSPS) is 14.1. The monoisotopic (exact) mass is 335 g/mol. The van der Waals surface area contributed by atoms with E-state index >= 15 is 0 Å². The number of nitrogens with one attached hydrogen (secondary N) is 1. The number of rotatable bonds is 4. The van der Waals surface area contributed by atoms with Crippen molar-refractivity contribution in [1.29, 1.82) is 0 Å². The van der Waals surface area contributed by atoms with Crippen molar-refractivity contribution < 1.29 is 9.00 Å². The molecule has 1 N–H and O–H groups in total. The van der Waals surface area contributed by atoms with Crippen LogP contribution >= 0.6 is 28.6 Å². The van der Waals surface area contributed by atoms with Gasteiger partial charge >= 0.3 is 0 Å². The van der Waals surface area contributed by atoms with E-state index in [0.29, 0.717) is 16.2 Å². The van der Waals surface area contributed by atoms with E-state index in [9.17, 15) is 9.00 Å². The van der Waals surface area contributed by atoms with Crippen LogP contribution in [0.5, 0.6) is 0 Å². The molecule has 0 aromatic heterocycles. The molecule has 0 aliphatic heterocycles. The Hall–Kier alpha value is -0.330. The Labute approximate surface area is 117 Å². The van der Waals surface area contributed by atoms with E-state index in [1.807, 2.05) is 6.92 Å². The van der Waals surface area contributed by atoms with Gasteiger partial charge in [-0.25, -0.2) is 0 Å². The van der Waals surface area contributed by atoms with Gasteiger partial charge < -0.3 is 5.32 Å². The zero-order valence-corrected chi connectivity index (χ0v) is 12.9. The number of halogens is 1. The Balaban J connectivity index is 2.73. The highest BCUT2D eigenvalue weighted by Gasteiger charge is 2.13. The van der Waals surface area contributed by atoms with Crippen LogP contribution in [0.15, 0.2) is 27.6 Å². The van der Waals surface area contributed by atoms with Crippen LogP contribution in [0, 0.1) is 0 Å². The smallest absolute Gasteiger partial charge is 0.252 e. The Morgan fingerprint density at radius 3 is 2.76 bits per heavy atom. The maximum atomic E-state index is 11.9. The Kier molecular flexibility index (Phi) is 5.69. The first-order chi connectivity index (χ1) is 7.90. The predicted molar refractivity (Wildman–Crippen MR) is 77.3 cm³/mol. The molecular formula is C11H14BrNO2S2. The minimum absolute atomic E-state index is 0.121. The van der Waals surface area contributed by atoms with Gasteiger partial charge in [-0.1, -0.05) is 15.9 Å². The third-order valence-electron chi connectivity index (χ3n) is 2.07. The highest BCUT2D eigenvalue weighted by Crippen LogP contribution is 2.19. The van der Waals surface area contributed by atoms with Crippen LogP contribution in [0.1, 0.15) is 17.3 Å². The molecule has 0 saturated heterocycles. The lowest BCUT2D eigenvalue weighted by molar-refractivity contribution is 0.0941. The molecule has 0 heterocycles. The lowest BCUT2D eigenvalue weighted by Gasteiger charge is -2.13. The third-order valence-corrected chi connectivity index (χ3v) is 3.90. The molecule has 0 radical (unpaired) electrons. The highest BCUT2D eigenvalue weighted by molar-refractivity contribution is 9.10. The van der Waals surface area contributed by atoms with Gasteiger partial charge in [-0.05, 0) is 25.1 Å². The van der Waals surface area contributed by atoms with Gasteiger partial charge in [0.1, 0.15) is 0 Å². The summed E-state index contributed by atoms with van der Waals surface area (Å²) in [6, 6.07) is 5.14. The second kappa shape index (κ2) is 6.56. The van der Waals surface area contributed by atoms with Gasteiger partial charge in [0.25, 0.3) is 5.91 Å².